The van der Waals surface area contributed by atoms with E-state index in [-0.39, 0.29) is 30.0 Å². The Bertz CT molecular complexity index is 689. The Morgan fingerprint density at radius 1 is 1.36 bits per heavy atom. The van der Waals surface area contributed by atoms with Crippen LogP contribution in [-0.4, -0.2) is 34.8 Å². The molecule has 1 aromatic carbocycles. The molecule has 0 radical (unpaired) electrons. The van der Waals surface area contributed by atoms with E-state index in [1.807, 2.05) is 12.3 Å². The number of piperidine rings is 1. The first kappa shape index (κ1) is 19.4. The number of carbonyl (C=O) groups is 1. The Balaban J connectivity index is 0.00000225. The van der Waals surface area contributed by atoms with Gasteiger partial charge in [-0.1, -0.05) is 0 Å². The van der Waals surface area contributed by atoms with E-state index in [4.69, 9.17) is 0 Å². The van der Waals surface area contributed by atoms with E-state index in [0.717, 1.165) is 30.8 Å². The molecule has 5 nitrogen and oxygen atoms in total. The highest BCUT2D eigenvalue weighted by atomic mass is 35.5. The molecule has 2 heterocycles. The summed E-state index contributed by atoms with van der Waals surface area (Å²) >= 11 is 0. The Labute approximate surface area is 153 Å². The van der Waals surface area contributed by atoms with E-state index in [0.29, 0.717) is 19.0 Å². The molecule has 1 amide bonds. The SMILES string of the molecule is C[C@H]1C[C@@H](C(=O)NCCc2ccn(-c3ccc(F)cc3)n2)CCN1.Cl. The molecular weight excluding hydrogens is 343 g/mol. The lowest BCUT2D eigenvalue weighted by molar-refractivity contribution is -0.126. The average Bonchev–Trinajstić information content (AvgIpc) is 3.04. The van der Waals surface area contributed by atoms with Crippen LogP contribution in [0.3, 0.4) is 0 Å². The molecule has 0 saturated carbocycles. The summed E-state index contributed by atoms with van der Waals surface area (Å²) in [5.41, 5.74) is 1.72. The molecule has 0 bridgehead atoms. The second-order valence-corrected chi connectivity index (χ2v) is 6.35. The maximum atomic E-state index is 13.0. The molecule has 1 aliphatic rings. The Morgan fingerprint density at radius 2 is 2.12 bits per heavy atom. The molecular formula is C18H24ClFN4O. The molecule has 1 aliphatic heterocycles. The lowest BCUT2D eigenvalue weighted by atomic mass is 9.92. The fourth-order valence-corrected chi connectivity index (χ4v) is 3.06. The van der Waals surface area contributed by atoms with Crippen LogP contribution in [0.15, 0.2) is 36.5 Å². The summed E-state index contributed by atoms with van der Waals surface area (Å²) in [5.74, 6) is -0.0135. The van der Waals surface area contributed by atoms with Gasteiger partial charge in [0, 0.05) is 31.1 Å². The van der Waals surface area contributed by atoms with E-state index >= 15 is 0 Å². The summed E-state index contributed by atoms with van der Waals surface area (Å²) in [4.78, 5) is 12.2. The quantitative estimate of drug-likeness (QED) is 0.854. The summed E-state index contributed by atoms with van der Waals surface area (Å²) in [7, 11) is 0. The molecule has 136 valence electrons. The van der Waals surface area contributed by atoms with Crippen LogP contribution in [0.4, 0.5) is 4.39 Å². The molecule has 1 fully saturated rings. The zero-order valence-electron chi connectivity index (χ0n) is 14.2. The van der Waals surface area contributed by atoms with Crippen molar-refractivity contribution in [1.82, 2.24) is 20.4 Å². The zero-order chi connectivity index (χ0) is 16.9. The van der Waals surface area contributed by atoms with Crippen LogP contribution in [0.5, 0.6) is 0 Å². The number of nitrogens with one attached hydrogen (secondary N) is 2. The molecule has 25 heavy (non-hydrogen) atoms. The van der Waals surface area contributed by atoms with Crippen molar-refractivity contribution in [1.29, 1.82) is 0 Å². The first-order valence-corrected chi connectivity index (χ1v) is 8.43. The second-order valence-electron chi connectivity index (χ2n) is 6.35. The third-order valence-electron chi connectivity index (χ3n) is 4.41. The summed E-state index contributed by atoms with van der Waals surface area (Å²) in [6.45, 7) is 3.60. The molecule has 7 heteroatoms. The molecule has 1 aromatic heterocycles. The number of nitrogens with zero attached hydrogens (tertiary/aromatic N) is 2. The first-order valence-electron chi connectivity index (χ1n) is 8.43. The summed E-state index contributed by atoms with van der Waals surface area (Å²) in [5, 5.41) is 10.8. The Hall–Kier alpha value is -1.92. The highest BCUT2D eigenvalue weighted by Crippen LogP contribution is 2.16. The molecule has 2 aromatic rings. The summed E-state index contributed by atoms with van der Waals surface area (Å²) < 4.78 is 14.7. The standard InChI is InChI=1S/C18H23FN4O.ClH/c1-13-12-14(6-9-20-13)18(24)21-10-7-16-8-11-23(22-16)17-4-2-15(19)3-5-17;/h2-5,8,11,13-14,20H,6-7,9-10,12H2,1H3,(H,21,24);1H/t13-,14-;/m0./s1. The van der Waals surface area contributed by atoms with Crippen LogP contribution in [0.2, 0.25) is 0 Å². The zero-order valence-corrected chi connectivity index (χ0v) is 15.1. The Morgan fingerprint density at radius 3 is 2.84 bits per heavy atom. The number of benzene rings is 1. The fraction of sp³-hybridized carbons (Fsp3) is 0.444. The predicted molar refractivity (Wildman–Crippen MR) is 97.7 cm³/mol. The molecule has 2 atom stereocenters. The van der Waals surface area contributed by atoms with Crippen molar-refractivity contribution < 1.29 is 9.18 Å². The van der Waals surface area contributed by atoms with Gasteiger partial charge in [-0.2, -0.15) is 5.10 Å². The van der Waals surface area contributed by atoms with Crippen LogP contribution < -0.4 is 10.6 Å². The van der Waals surface area contributed by atoms with E-state index in [2.05, 4.69) is 22.7 Å². The van der Waals surface area contributed by atoms with Crippen LogP contribution in [0.25, 0.3) is 5.69 Å². The van der Waals surface area contributed by atoms with Crippen LogP contribution in [0, 0.1) is 11.7 Å². The number of hydrogen-bond acceptors (Lipinski definition) is 3. The van der Waals surface area contributed by atoms with Crippen LogP contribution in [-0.2, 0) is 11.2 Å². The van der Waals surface area contributed by atoms with Gasteiger partial charge in [-0.3, -0.25) is 4.79 Å². The lowest BCUT2D eigenvalue weighted by Gasteiger charge is -2.27. The minimum atomic E-state index is -0.263. The fourth-order valence-electron chi connectivity index (χ4n) is 3.06. The van der Waals surface area contributed by atoms with Crippen molar-refractivity contribution in [3.8, 4) is 5.69 Å². The molecule has 3 rings (SSSR count). The van der Waals surface area contributed by atoms with Gasteiger partial charge in [0.2, 0.25) is 5.91 Å². The van der Waals surface area contributed by atoms with Crippen molar-refractivity contribution in [2.75, 3.05) is 13.1 Å². The van der Waals surface area contributed by atoms with Gasteiger partial charge < -0.3 is 10.6 Å². The minimum Gasteiger partial charge on any atom is -0.355 e. The number of carbonyl (C=O) groups excluding carboxylic acids is 1. The molecule has 0 unspecified atom stereocenters. The maximum absolute atomic E-state index is 13.0. The number of halogens is 2. The van der Waals surface area contributed by atoms with Gasteiger partial charge in [0.1, 0.15) is 5.82 Å². The minimum absolute atomic E-state index is 0. The molecule has 2 N–H and O–H groups in total. The normalized spacial score (nSPS) is 19.9. The molecule has 1 saturated heterocycles. The van der Waals surface area contributed by atoms with Gasteiger partial charge in [0.15, 0.2) is 0 Å². The van der Waals surface area contributed by atoms with Gasteiger partial charge in [-0.05, 0) is 56.6 Å². The lowest BCUT2D eigenvalue weighted by Crippen LogP contribution is -2.42. The summed E-state index contributed by atoms with van der Waals surface area (Å²) in [6.07, 6.45) is 4.32. The van der Waals surface area contributed by atoms with Crippen molar-refractivity contribution in [3.05, 3.63) is 48.0 Å². The predicted octanol–water partition coefficient (Wildman–Crippen LogP) is 2.48. The van der Waals surface area contributed by atoms with E-state index < -0.39 is 0 Å². The average molecular weight is 367 g/mol. The highest BCUT2D eigenvalue weighted by molar-refractivity contribution is 5.85. The van der Waals surface area contributed by atoms with Crippen LogP contribution in [0.1, 0.15) is 25.5 Å². The van der Waals surface area contributed by atoms with Gasteiger partial charge in [-0.15, -0.1) is 12.4 Å². The summed E-state index contributed by atoms with van der Waals surface area (Å²) in [6, 6.07) is 8.52. The number of amides is 1. The number of aromatic nitrogens is 2. The third-order valence-corrected chi connectivity index (χ3v) is 4.41. The van der Waals surface area contributed by atoms with Gasteiger partial charge >= 0.3 is 0 Å². The van der Waals surface area contributed by atoms with Gasteiger partial charge in [0.05, 0.1) is 11.4 Å². The topological polar surface area (TPSA) is 59.0 Å². The number of rotatable bonds is 5. The van der Waals surface area contributed by atoms with Crippen molar-refractivity contribution in [2.45, 2.75) is 32.2 Å². The molecule has 0 aliphatic carbocycles. The van der Waals surface area contributed by atoms with E-state index in [1.165, 1.54) is 12.1 Å². The van der Waals surface area contributed by atoms with Crippen molar-refractivity contribution >= 4 is 18.3 Å². The Kier molecular flexibility index (Phi) is 6.96. The van der Waals surface area contributed by atoms with E-state index in [9.17, 15) is 9.18 Å². The monoisotopic (exact) mass is 366 g/mol. The van der Waals surface area contributed by atoms with Crippen molar-refractivity contribution in [2.24, 2.45) is 5.92 Å². The van der Waals surface area contributed by atoms with Crippen molar-refractivity contribution in [3.63, 3.8) is 0 Å². The van der Waals surface area contributed by atoms with E-state index in [1.54, 1.807) is 16.8 Å². The van der Waals surface area contributed by atoms with Crippen LogP contribution >= 0.6 is 12.4 Å². The third kappa shape index (κ3) is 5.28. The second kappa shape index (κ2) is 8.97. The smallest absolute Gasteiger partial charge is 0.223 e. The number of hydrogen-bond donors (Lipinski definition) is 2. The first-order chi connectivity index (χ1) is 11.6. The van der Waals surface area contributed by atoms with Gasteiger partial charge in [-0.25, -0.2) is 9.07 Å². The largest absolute Gasteiger partial charge is 0.355 e. The molecule has 0 spiro atoms. The van der Waals surface area contributed by atoms with Gasteiger partial charge in [0.25, 0.3) is 0 Å². The maximum Gasteiger partial charge on any atom is 0.223 e. The highest BCUT2D eigenvalue weighted by Gasteiger charge is 2.24.